The van der Waals surface area contributed by atoms with Gasteiger partial charge in [0, 0.05) is 18.7 Å². The third kappa shape index (κ3) is 4.13. The minimum absolute atomic E-state index is 0.0344. The van der Waals surface area contributed by atoms with E-state index in [-0.39, 0.29) is 11.4 Å². The van der Waals surface area contributed by atoms with Crippen LogP contribution in [0, 0.1) is 0 Å². The largest absolute Gasteiger partial charge is 0.370 e. The predicted molar refractivity (Wildman–Crippen MR) is 104 cm³/mol. The number of carbonyl (C=O) groups excluding carboxylic acids is 1. The Balaban J connectivity index is 1.66. The molecule has 0 saturated carbocycles. The van der Waals surface area contributed by atoms with Crippen LogP contribution >= 0.6 is 11.8 Å². The van der Waals surface area contributed by atoms with Crippen molar-refractivity contribution < 1.29 is 14.0 Å². The molecule has 1 atom stereocenters. The van der Waals surface area contributed by atoms with Gasteiger partial charge < -0.3 is 19.4 Å². The zero-order chi connectivity index (χ0) is 17.7. The van der Waals surface area contributed by atoms with Gasteiger partial charge in [-0.1, -0.05) is 19.1 Å². The average molecular weight is 365 g/mol. The zero-order valence-corrected chi connectivity index (χ0v) is 16.2. The molecule has 0 spiro atoms. The molecule has 3 rings (SSSR count). The number of amides is 1. The van der Waals surface area contributed by atoms with Gasteiger partial charge in [0.1, 0.15) is 13.1 Å². The van der Waals surface area contributed by atoms with Crippen LogP contribution in [-0.4, -0.2) is 72.5 Å². The Hall–Kier alpha value is -1.24. The summed E-state index contributed by atoms with van der Waals surface area (Å²) in [5.41, 5.74) is 1.79. The first-order valence-corrected chi connectivity index (χ1v) is 10.4. The molecule has 25 heavy (non-hydrogen) atoms. The fourth-order valence-electron chi connectivity index (χ4n) is 3.78. The van der Waals surface area contributed by atoms with Crippen LogP contribution in [0.2, 0.25) is 0 Å². The number of para-hydroxylation sites is 1. The van der Waals surface area contributed by atoms with E-state index in [4.69, 9.17) is 4.74 Å². The monoisotopic (exact) mass is 364 g/mol. The molecule has 1 aromatic rings. The number of thioether (sulfide) groups is 1. The van der Waals surface area contributed by atoms with Gasteiger partial charge in [-0.25, -0.2) is 0 Å². The second-order valence-electron chi connectivity index (χ2n) is 6.79. The van der Waals surface area contributed by atoms with E-state index in [1.165, 1.54) is 0 Å². The van der Waals surface area contributed by atoms with E-state index in [9.17, 15) is 4.79 Å². The lowest BCUT2D eigenvalue weighted by atomic mass is 10.1. The number of fused-ring (bicyclic) bond motifs is 1. The first kappa shape index (κ1) is 18.5. The highest BCUT2D eigenvalue weighted by Crippen LogP contribution is 2.30. The smallest absolute Gasteiger partial charge is 0.258 e. The Bertz CT molecular complexity index is 590. The average Bonchev–Trinajstić information content (AvgIpc) is 2.65. The summed E-state index contributed by atoms with van der Waals surface area (Å²) in [7, 11) is 0. The molecule has 0 aliphatic carbocycles. The third-order valence-corrected chi connectivity index (χ3v) is 6.45. The molecule has 1 amide bonds. The van der Waals surface area contributed by atoms with Crippen LogP contribution in [0.5, 0.6) is 0 Å². The quantitative estimate of drug-likeness (QED) is 0.756. The SMILES string of the molecule is CCSC1Nc2ccccc2C(=O)N1CCC[N+]1(CC)CCOCC1. The van der Waals surface area contributed by atoms with E-state index in [0.29, 0.717) is 0 Å². The van der Waals surface area contributed by atoms with Gasteiger partial charge in [0.25, 0.3) is 5.91 Å². The third-order valence-electron chi connectivity index (χ3n) is 5.43. The molecule has 6 heteroatoms. The summed E-state index contributed by atoms with van der Waals surface area (Å²) in [6.45, 7) is 11.4. The van der Waals surface area contributed by atoms with Gasteiger partial charge in [0.05, 0.1) is 31.9 Å². The Morgan fingerprint density at radius 3 is 2.76 bits per heavy atom. The maximum atomic E-state index is 13.0. The molecular weight excluding hydrogens is 334 g/mol. The highest BCUT2D eigenvalue weighted by molar-refractivity contribution is 7.99. The van der Waals surface area contributed by atoms with Crippen LogP contribution in [0.25, 0.3) is 0 Å². The maximum Gasteiger partial charge on any atom is 0.258 e. The molecule has 1 unspecified atom stereocenters. The molecule has 2 aliphatic heterocycles. The Kier molecular flexibility index (Phi) is 6.25. The molecule has 0 aromatic heterocycles. The summed E-state index contributed by atoms with van der Waals surface area (Å²) in [6, 6.07) is 7.84. The van der Waals surface area contributed by atoms with Crippen molar-refractivity contribution >= 4 is 23.4 Å². The van der Waals surface area contributed by atoms with Gasteiger partial charge >= 0.3 is 0 Å². The number of morpholine rings is 1. The van der Waals surface area contributed by atoms with Crippen LogP contribution in [0.15, 0.2) is 24.3 Å². The number of hydrogen-bond acceptors (Lipinski definition) is 4. The van der Waals surface area contributed by atoms with Crippen LogP contribution in [0.3, 0.4) is 0 Å². The molecule has 1 fully saturated rings. The lowest BCUT2D eigenvalue weighted by Crippen LogP contribution is -2.56. The summed E-state index contributed by atoms with van der Waals surface area (Å²) in [6.07, 6.45) is 1.03. The van der Waals surface area contributed by atoms with Gasteiger partial charge in [-0.15, -0.1) is 11.8 Å². The number of likely N-dealkylation sites (N-methyl/N-ethyl adjacent to an activating group) is 1. The first-order valence-electron chi connectivity index (χ1n) is 9.40. The van der Waals surface area contributed by atoms with Crippen LogP contribution in [-0.2, 0) is 4.74 Å². The lowest BCUT2D eigenvalue weighted by Gasteiger charge is -2.42. The van der Waals surface area contributed by atoms with Crippen molar-refractivity contribution in [3.63, 3.8) is 0 Å². The maximum absolute atomic E-state index is 13.0. The molecule has 1 saturated heterocycles. The van der Waals surface area contributed by atoms with Gasteiger partial charge in [0.15, 0.2) is 5.50 Å². The molecule has 5 nitrogen and oxygen atoms in total. The van der Waals surface area contributed by atoms with E-state index in [2.05, 4.69) is 19.2 Å². The van der Waals surface area contributed by atoms with Crippen LogP contribution < -0.4 is 5.32 Å². The molecule has 0 bridgehead atoms. The number of hydrogen-bond donors (Lipinski definition) is 1. The van der Waals surface area contributed by atoms with Crippen molar-refractivity contribution in [3.8, 4) is 0 Å². The molecule has 1 N–H and O–H groups in total. The molecule has 138 valence electrons. The number of nitrogens with zero attached hydrogens (tertiary/aromatic N) is 2. The predicted octanol–water partition coefficient (Wildman–Crippen LogP) is 2.85. The Labute approximate surface area is 155 Å². The van der Waals surface area contributed by atoms with E-state index < -0.39 is 0 Å². The van der Waals surface area contributed by atoms with Crippen LogP contribution in [0.4, 0.5) is 5.69 Å². The molecule has 2 aliphatic rings. The lowest BCUT2D eigenvalue weighted by molar-refractivity contribution is -0.933. The number of nitrogens with one attached hydrogen (secondary N) is 1. The highest BCUT2D eigenvalue weighted by atomic mass is 32.2. The molecule has 1 aromatic carbocycles. The summed E-state index contributed by atoms with van der Waals surface area (Å²) in [5, 5.41) is 3.53. The minimum Gasteiger partial charge on any atom is -0.370 e. The second kappa shape index (κ2) is 8.43. The number of quaternary nitrogens is 1. The number of benzene rings is 1. The second-order valence-corrected chi connectivity index (χ2v) is 8.15. The van der Waals surface area contributed by atoms with Crippen molar-refractivity contribution in [2.24, 2.45) is 0 Å². The summed E-state index contributed by atoms with van der Waals surface area (Å²) in [4.78, 5) is 15.0. The van der Waals surface area contributed by atoms with E-state index in [1.54, 1.807) is 11.8 Å². The topological polar surface area (TPSA) is 41.6 Å². The van der Waals surface area contributed by atoms with E-state index in [0.717, 1.165) is 73.8 Å². The number of anilines is 1. The molecule has 0 radical (unpaired) electrons. The fourth-order valence-corrected chi connectivity index (χ4v) is 4.69. The minimum atomic E-state index is 0.0344. The molecular formula is C19H30N3O2S+. The fraction of sp³-hybridized carbons (Fsp3) is 0.632. The Morgan fingerprint density at radius 1 is 1.28 bits per heavy atom. The summed E-state index contributed by atoms with van der Waals surface area (Å²) >= 11 is 1.79. The van der Waals surface area contributed by atoms with Crippen molar-refractivity contribution in [1.82, 2.24) is 4.90 Å². The van der Waals surface area contributed by atoms with E-state index in [1.807, 2.05) is 29.2 Å². The van der Waals surface area contributed by atoms with Gasteiger partial charge in [-0.3, -0.25) is 4.79 Å². The normalized spacial score (nSPS) is 22.4. The van der Waals surface area contributed by atoms with Gasteiger partial charge in [-0.2, -0.15) is 0 Å². The summed E-state index contributed by atoms with van der Waals surface area (Å²) in [5.74, 6) is 1.14. The van der Waals surface area contributed by atoms with Crippen molar-refractivity contribution in [2.75, 3.05) is 57.0 Å². The number of carbonyl (C=O) groups is 1. The van der Waals surface area contributed by atoms with Crippen molar-refractivity contribution in [1.29, 1.82) is 0 Å². The number of rotatable bonds is 7. The van der Waals surface area contributed by atoms with Gasteiger partial charge in [0.2, 0.25) is 0 Å². The van der Waals surface area contributed by atoms with Crippen LogP contribution in [0.1, 0.15) is 30.6 Å². The Morgan fingerprint density at radius 2 is 2.04 bits per heavy atom. The standard InChI is InChI=1S/C19H29N3O2S/c1-3-22(12-14-24-15-13-22)11-7-10-21-18(23)16-8-5-6-9-17(16)20-19(21)25-4-2/h5-6,8-9,19H,3-4,7,10-15H2,1-2H3/p+1. The van der Waals surface area contributed by atoms with Crippen molar-refractivity contribution in [2.45, 2.75) is 25.8 Å². The summed E-state index contributed by atoms with van der Waals surface area (Å²) < 4.78 is 6.66. The number of ether oxygens (including phenoxy) is 1. The molecule has 2 heterocycles. The van der Waals surface area contributed by atoms with Crippen molar-refractivity contribution in [3.05, 3.63) is 29.8 Å². The zero-order valence-electron chi connectivity index (χ0n) is 15.4. The van der Waals surface area contributed by atoms with E-state index >= 15 is 0 Å². The first-order chi connectivity index (χ1) is 12.2. The highest BCUT2D eigenvalue weighted by Gasteiger charge is 2.33. The van der Waals surface area contributed by atoms with Gasteiger partial charge in [-0.05, 0) is 24.8 Å².